The van der Waals surface area contributed by atoms with E-state index in [0.29, 0.717) is 9.59 Å². The van der Waals surface area contributed by atoms with Crippen LogP contribution in [0.5, 0.6) is 0 Å². The number of carbonyl (C=O) groups is 1. The Morgan fingerprint density at radius 1 is 1.14 bits per heavy atom. The van der Waals surface area contributed by atoms with E-state index in [1.165, 1.54) is 53.6 Å². The van der Waals surface area contributed by atoms with Gasteiger partial charge in [0.05, 0.1) is 12.2 Å². The first-order valence-electron chi connectivity index (χ1n) is 10.5. The molecule has 0 aliphatic carbocycles. The van der Waals surface area contributed by atoms with Crippen LogP contribution < -0.4 is 11.0 Å². The number of nitrogens with zero attached hydrogens (tertiary/aromatic N) is 7. The minimum atomic E-state index is -4.96. The molecular weight excluding hydrogens is 524 g/mol. The van der Waals surface area contributed by atoms with Crippen molar-refractivity contribution in [2.45, 2.75) is 25.4 Å². The summed E-state index contributed by atoms with van der Waals surface area (Å²) in [6.45, 7) is -2.68. The minimum Gasteiger partial charge on any atom is -0.382 e. The van der Waals surface area contributed by atoms with Gasteiger partial charge in [0.1, 0.15) is 12.9 Å². The molecule has 3 aromatic heterocycles. The second-order valence-corrected chi connectivity index (χ2v) is 8.04. The number of rotatable bonds is 8. The molecule has 194 valence electrons. The Bertz CT molecular complexity index is 1470. The zero-order chi connectivity index (χ0) is 26.7. The summed E-state index contributed by atoms with van der Waals surface area (Å²) in [7, 11) is 0. The molecule has 3 heterocycles. The van der Waals surface area contributed by atoms with Gasteiger partial charge in [0.15, 0.2) is 30.2 Å². The lowest BCUT2D eigenvalue weighted by Crippen LogP contribution is -2.37. The Balaban J connectivity index is 1.68. The molecule has 0 saturated heterocycles. The number of hydrogen-bond acceptors (Lipinski definition) is 7. The fraction of sp³-hybridized carbons (Fsp3) is 0.238. The molecule has 4 rings (SSSR count). The van der Waals surface area contributed by atoms with Gasteiger partial charge in [-0.2, -0.15) is 13.2 Å². The summed E-state index contributed by atoms with van der Waals surface area (Å²) in [4.78, 5) is 32.6. The van der Waals surface area contributed by atoms with Gasteiger partial charge in [-0.15, -0.1) is 10.2 Å². The molecule has 2 N–H and O–H groups in total. The zero-order valence-electron chi connectivity index (χ0n) is 18.6. The molecule has 0 fully saturated rings. The molecular formula is C21H17ClF4N8O3. The third kappa shape index (κ3) is 5.83. The molecule has 1 atom stereocenters. The lowest BCUT2D eigenvalue weighted by molar-refractivity contribution is -0.207. The summed E-state index contributed by atoms with van der Waals surface area (Å²) in [6.07, 6.45) is -5.15. The average Bonchev–Trinajstić information content (AvgIpc) is 3.44. The number of aliphatic hydroxyl groups excluding tert-OH is 1. The predicted molar refractivity (Wildman–Crippen MR) is 122 cm³/mol. The molecule has 1 aromatic carbocycles. The van der Waals surface area contributed by atoms with Crippen LogP contribution >= 0.6 is 11.6 Å². The largest absolute Gasteiger partial charge is 0.416 e. The lowest BCUT2D eigenvalue weighted by atomic mass is 10.2. The van der Waals surface area contributed by atoms with Crippen molar-refractivity contribution in [1.29, 1.82) is 0 Å². The van der Waals surface area contributed by atoms with E-state index in [4.69, 9.17) is 11.6 Å². The van der Waals surface area contributed by atoms with E-state index in [9.17, 15) is 32.3 Å². The number of aromatic nitrogens is 7. The third-order valence-corrected chi connectivity index (χ3v) is 5.24. The fourth-order valence-corrected chi connectivity index (χ4v) is 3.39. The molecule has 0 aliphatic heterocycles. The highest BCUT2D eigenvalue weighted by molar-refractivity contribution is 6.30. The molecule has 0 aliphatic rings. The smallest absolute Gasteiger partial charge is 0.382 e. The number of pyridine rings is 1. The maximum atomic E-state index is 13.0. The number of nitrogens with one attached hydrogen (secondary N) is 1. The fourth-order valence-electron chi connectivity index (χ4n) is 3.26. The van der Waals surface area contributed by atoms with Crippen molar-refractivity contribution < 1.29 is 27.5 Å². The topological polar surface area (TPSA) is 133 Å². The van der Waals surface area contributed by atoms with Crippen LogP contribution in [0.1, 0.15) is 5.82 Å². The first-order valence-corrected chi connectivity index (χ1v) is 10.8. The number of anilines is 1. The Hall–Kier alpha value is -4.11. The summed E-state index contributed by atoms with van der Waals surface area (Å²) in [6, 6.07) is 8.85. The van der Waals surface area contributed by atoms with Gasteiger partial charge in [-0.3, -0.25) is 9.36 Å². The van der Waals surface area contributed by atoms with Crippen LogP contribution in [-0.4, -0.2) is 64.1 Å². The second-order valence-electron chi connectivity index (χ2n) is 7.60. The van der Waals surface area contributed by atoms with Crippen LogP contribution in [-0.2, 0) is 17.9 Å². The summed E-state index contributed by atoms with van der Waals surface area (Å²) in [5.74, 6) is -0.900. The van der Waals surface area contributed by atoms with Gasteiger partial charge in [0.25, 0.3) is 5.91 Å². The average molecular weight is 541 g/mol. The Morgan fingerprint density at radius 3 is 2.54 bits per heavy atom. The van der Waals surface area contributed by atoms with Gasteiger partial charge in [-0.1, -0.05) is 11.6 Å². The van der Waals surface area contributed by atoms with Crippen LogP contribution in [0.2, 0.25) is 5.02 Å². The van der Waals surface area contributed by atoms with Gasteiger partial charge >= 0.3 is 11.9 Å². The van der Waals surface area contributed by atoms with E-state index >= 15 is 0 Å². The first-order chi connectivity index (χ1) is 17.6. The van der Waals surface area contributed by atoms with Crippen molar-refractivity contribution in [1.82, 2.24) is 34.1 Å². The molecule has 1 amide bonds. The molecule has 0 saturated carbocycles. The summed E-state index contributed by atoms with van der Waals surface area (Å²) < 4.78 is 54.4. The molecule has 4 aromatic rings. The lowest BCUT2D eigenvalue weighted by Gasteiger charge is -2.15. The van der Waals surface area contributed by atoms with Crippen molar-refractivity contribution in [2.75, 3.05) is 12.0 Å². The van der Waals surface area contributed by atoms with E-state index in [1.807, 2.05) is 0 Å². The second kappa shape index (κ2) is 10.5. The summed E-state index contributed by atoms with van der Waals surface area (Å²) in [5.41, 5.74) is -0.512. The number of amides is 1. The third-order valence-electron chi connectivity index (χ3n) is 4.99. The van der Waals surface area contributed by atoms with E-state index in [1.54, 1.807) is 0 Å². The van der Waals surface area contributed by atoms with Crippen LogP contribution in [0.25, 0.3) is 17.2 Å². The predicted octanol–water partition coefficient (Wildman–Crippen LogP) is 2.22. The summed E-state index contributed by atoms with van der Waals surface area (Å²) >= 11 is 5.88. The highest BCUT2D eigenvalue weighted by Crippen LogP contribution is 2.24. The van der Waals surface area contributed by atoms with Gasteiger partial charge in [-0.05, 0) is 36.4 Å². The van der Waals surface area contributed by atoms with Gasteiger partial charge < -0.3 is 10.4 Å². The number of halogens is 5. The zero-order valence-corrected chi connectivity index (χ0v) is 19.4. The molecule has 37 heavy (non-hydrogen) atoms. The maximum absolute atomic E-state index is 13.0. The Morgan fingerprint density at radius 2 is 1.86 bits per heavy atom. The molecule has 0 unspecified atom stereocenters. The number of aliphatic hydroxyl groups is 1. The molecule has 0 radical (unpaired) electrons. The number of alkyl halides is 4. The molecule has 11 nitrogen and oxygen atoms in total. The van der Waals surface area contributed by atoms with Crippen LogP contribution in [0.4, 0.5) is 23.2 Å². The first kappa shape index (κ1) is 26.0. The summed E-state index contributed by atoms with van der Waals surface area (Å²) in [5, 5.41) is 20.6. The van der Waals surface area contributed by atoms with Gasteiger partial charge in [-0.25, -0.2) is 28.5 Å². The van der Waals surface area contributed by atoms with Crippen LogP contribution in [0, 0.1) is 0 Å². The van der Waals surface area contributed by atoms with Gasteiger partial charge in [0.2, 0.25) is 0 Å². The van der Waals surface area contributed by atoms with Crippen LogP contribution in [0.15, 0.2) is 53.7 Å². The highest BCUT2D eigenvalue weighted by Gasteiger charge is 2.39. The number of carbonyl (C=O) groups excluding carboxylic acids is 1. The SMILES string of the molecule is O=C(CF)Nc1cccnc1-n1cnc(Cn2nc(-c3ccc(Cl)cc3)n(C[C@H](O)C(F)(F)F)c2=O)n1. The van der Waals surface area contributed by atoms with Crippen molar-refractivity contribution in [3.8, 4) is 17.2 Å². The minimum absolute atomic E-state index is 0.0270. The number of benzene rings is 1. The van der Waals surface area contributed by atoms with Crippen molar-refractivity contribution in [2.24, 2.45) is 0 Å². The Labute approximate surface area is 210 Å². The standard InChI is InChI=1S/C21H17ClF4N8O3/c22-13-5-3-12(4-6-13)18-31-33(20(37)32(18)9-15(35)21(24,25)26)10-16-28-11-34(30-16)19-14(2-1-7-27-19)29-17(36)8-23/h1-7,11,15,35H,8-10H2,(H,29,36)/t15-/m0/s1. The van der Waals surface area contributed by atoms with E-state index in [0.717, 1.165) is 4.68 Å². The monoisotopic (exact) mass is 540 g/mol. The van der Waals surface area contributed by atoms with E-state index < -0.39 is 37.1 Å². The number of hydrogen-bond donors (Lipinski definition) is 2. The quantitative estimate of drug-likeness (QED) is 0.327. The maximum Gasteiger partial charge on any atom is 0.416 e. The highest BCUT2D eigenvalue weighted by atomic mass is 35.5. The van der Waals surface area contributed by atoms with E-state index in [-0.39, 0.29) is 35.3 Å². The Kier molecular flexibility index (Phi) is 7.35. The normalized spacial score (nSPS) is 12.5. The van der Waals surface area contributed by atoms with E-state index in [2.05, 4.69) is 25.5 Å². The molecule has 16 heteroatoms. The van der Waals surface area contributed by atoms with Crippen molar-refractivity contribution >= 4 is 23.2 Å². The molecule has 0 bridgehead atoms. The van der Waals surface area contributed by atoms with Crippen LogP contribution in [0.3, 0.4) is 0 Å². The van der Waals surface area contributed by atoms with Crippen molar-refractivity contribution in [3.63, 3.8) is 0 Å². The van der Waals surface area contributed by atoms with Crippen molar-refractivity contribution in [3.05, 3.63) is 70.3 Å². The molecule has 0 spiro atoms. The van der Waals surface area contributed by atoms with Gasteiger partial charge in [0, 0.05) is 16.8 Å².